The van der Waals surface area contributed by atoms with E-state index >= 15 is 0 Å². The van der Waals surface area contributed by atoms with Crippen molar-refractivity contribution in [3.63, 3.8) is 0 Å². The summed E-state index contributed by atoms with van der Waals surface area (Å²) in [6, 6.07) is 3.85. The molecule has 98 valence electrons. The van der Waals surface area contributed by atoms with Gasteiger partial charge in [-0.2, -0.15) is 0 Å². The third kappa shape index (κ3) is 2.61. The van der Waals surface area contributed by atoms with Crippen molar-refractivity contribution in [2.24, 2.45) is 5.84 Å². The summed E-state index contributed by atoms with van der Waals surface area (Å²) < 4.78 is 0. The van der Waals surface area contributed by atoms with Crippen LogP contribution < -0.4 is 11.3 Å². The van der Waals surface area contributed by atoms with E-state index < -0.39 is 0 Å². The van der Waals surface area contributed by atoms with Crippen LogP contribution in [0.4, 0.5) is 5.82 Å². The van der Waals surface area contributed by atoms with Crippen LogP contribution in [0.15, 0.2) is 18.3 Å². The highest BCUT2D eigenvalue weighted by atomic mass is 16.2. The van der Waals surface area contributed by atoms with Crippen LogP contribution in [0.3, 0.4) is 0 Å². The molecule has 0 saturated heterocycles. The minimum absolute atomic E-state index is 0.0112. The zero-order chi connectivity index (χ0) is 13.0. The first kappa shape index (κ1) is 12.8. The first-order chi connectivity index (χ1) is 8.74. The molecule has 1 fully saturated rings. The Morgan fingerprint density at radius 1 is 1.44 bits per heavy atom. The number of pyridine rings is 1. The quantitative estimate of drug-likeness (QED) is 0.631. The smallest absolute Gasteiger partial charge is 0.257 e. The molecular formula is C13H20N4O. The molecule has 0 atom stereocenters. The largest absolute Gasteiger partial charge is 0.339 e. The lowest BCUT2D eigenvalue weighted by molar-refractivity contribution is 0.0697. The van der Waals surface area contributed by atoms with Crippen molar-refractivity contribution >= 4 is 11.7 Å². The number of hydrogen-bond donors (Lipinski definition) is 2. The number of nitrogens with zero attached hydrogens (tertiary/aromatic N) is 2. The standard InChI is InChI=1S/C13H20N4O/c1-17(10-6-3-2-4-7-10)13(18)11-8-5-9-15-12(11)16-14/h5,8-10H,2-4,6-7,14H2,1H3,(H,15,16). The SMILES string of the molecule is CN(C(=O)c1cccnc1NN)C1CCCCC1. The molecule has 1 aromatic rings. The molecule has 1 heterocycles. The third-order valence-corrected chi connectivity index (χ3v) is 3.62. The summed E-state index contributed by atoms with van der Waals surface area (Å²) in [6.45, 7) is 0. The fraction of sp³-hybridized carbons (Fsp3) is 0.538. The molecule has 0 spiro atoms. The van der Waals surface area contributed by atoms with Crippen molar-refractivity contribution in [2.45, 2.75) is 38.1 Å². The van der Waals surface area contributed by atoms with Crippen molar-refractivity contribution < 1.29 is 4.79 Å². The van der Waals surface area contributed by atoms with Gasteiger partial charge in [-0.1, -0.05) is 19.3 Å². The normalized spacial score (nSPS) is 16.3. The summed E-state index contributed by atoms with van der Waals surface area (Å²) in [5.41, 5.74) is 3.01. The van der Waals surface area contributed by atoms with E-state index in [1.54, 1.807) is 18.3 Å². The molecule has 0 radical (unpaired) electrons. The fourth-order valence-electron chi connectivity index (χ4n) is 2.52. The Bertz CT molecular complexity index is 415. The van der Waals surface area contributed by atoms with Crippen LogP contribution in [0.1, 0.15) is 42.5 Å². The maximum Gasteiger partial charge on any atom is 0.257 e. The Morgan fingerprint density at radius 2 is 2.17 bits per heavy atom. The predicted molar refractivity (Wildman–Crippen MR) is 71.0 cm³/mol. The summed E-state index contributed by atoms with van der Waals surface area (Å²) in [5, 5.41) is 0. The molecule has 18 heavy (non-hydrogen) atoms. The predicted octanol–water partition coefficient (Wildman–Crippen LogP) is 1.77. The summed E-state index contributed by atoms with van der Waals surface area (Å²) in [7, 11) is 1.87. The summed E-state index contributed by atoms with van der Waals surface area (Å²) in [5.74, 6) is 5.81. The summed E-state index contributed by atoms with van der Waals surface area (Å²) >= 11 is 0. The van der Waals surface area contributed by atoms with Crippen molar-refractivity contribution in [1.29, 1.82) is 0 Å². The van der Waals surface area contributed by atoms with Crippen molar-refractivity contribution in [3.05, 3.63) is 23.9 Å². The van der Waals surface area contributed by atoms with E-state index in [0.717, 1.165) is 12.8 Å². The minimum atomic E-state index is -0.0112. The Hall–Kier alpha value is -1.62. The maximum absolute atomic E-state index is 12.4. The van der Waals surface area contributed by atoms with E-state index in [-0.39, 0.29) is 5.91 Å². The van der Waals surface area contributed by atoms with Crippen molar-refractivity contribution in [2.75, 3.05) is 12.5 Å². The van der Waals surface area contributed by atoms with E-state index in [1.165, 1.54) is 19.3 Å². The lowest BCUT2D eigenvalue weighted by Gasteiger charge is -2.31. The van der Waals surface area contributed by atoms with Gasteiger partial charge in [0.05, 0.1) is 5.56 Å². The zero-order valence-electron chi connectivity index (χ0n) is 10.7. The Morgan fingerprint density at radius 3 is 2.83 bits per heavy atom. The number of amides is 1. The van der Waals surface area contributed by atoms with E-state index in [9.17, 15) is 4.79 Å². The molecule has 2 rings (SSSR count). The topological polar surface area (TPSA) is 71.2 Å². The Labute approximate surface area is 107 Å². The molecule has 5 heteroatoms. The van der Waals surface area contributed by atoms with Gasteiger partial charge in [0.2, 0.25) is 0 Å². The van der Waals surface area contributed by atoms with Crippen LogP contribution in [0.5, 0.6) is 0 Å². The molecule has 1 amide bonds. The second-order valence-electron chi connectivity index (χ2n) is 4.75. The number of aromatic nitrogens is 1. The second kappa shape index (κ2) is 5.82. The number of anilines is 1. The van der Waals surface area contributed by atoms with Gasteiger partial charge in [-0.05, 0) is 25.0 Å². The van der Waals surface area contributed by atoms with Crippen LogP contribution in [0.25, 0.3) is 0 Å². The molecule has 3 N–H and O–H groups in total. The number of nitrogen functional groups attached to an aromatic ring is 1. The lowest BCUT2D eigenvalue weighted by atomic mass is 9.94. The van der Waals surface area contributed by atoms with Gasteiger partial charge in [-0.15, -0.1) is 0 Å². The van der Waals surface area contributed by atoms with E-state index in [4.69, 9.17) is 5.84 Å². The molecule has 0 aliphatic heterocycles. The van der Waals surface area contributed by atoms with Gasteiger partial charge in [-0.3, -0.25) is 4.79 Å². The van der Waals surface area contributed by atoms with E-state index in [2.05, 4.69) is 10.4 Å². The van der Waals surface area contributed by atoms with Crippen LogP contribution in [0.2, 0.25) is 0 Å². The lowest BCUT2D eigenvalue weighted by Crippen LogP contribution is -2.38. The molecule has 0 unspecified atom stereocenters. The Kier molecular flexibility index (Phi) is 4.15. The summed E-state index contributed by atoms with van der Waals surface area (Å²) in [6.07, 6.45) is 7.49. The number of rotatable bonds is 3. The average molecular weight is 248 g/mol. The summed E-state index contributed by atoms with van der Waals surface area (Å²) in [4.78, 5) is 18.3. The molecular weight excluding hydrogens is 228 g/mol. The highest BCUT2D eigenvalue weighted by Gasteiger charge is 2.24. The molecule has 0 bridgehead atoms. The average Bonchev–Trinajstić information content (AvgIpc) is 2.46. The zero-order valence-corrected chi connectivity index (χ0v) is 10.7. The first-order valence-corrected chi connectivity index (χ1v) is 6.43. The number of carbonyl (C=O) groups excluding carboxylic acids is 1. The second-order valence-corrected chi connectivity index (χ2v) is 4.75. The number of carbonyl (C=O) groups is 1. The van der Waals surface area contributed by atoms with Crippen LogP contribution in [-0.2, 0) is 0 Å². The van der Waals surface area contributed by atoms with Crippen LogP contribution >= 0.6 is 0 Å². The molecule has 1 saturated carbocycles. The van der Waals surface area contributed by atoms with Gasteiger partial charge in [0.25, 0.3) is 5.91 Å². The number of hydrazine groups is 1. The molecule has 1 aliphatic rings. The van der Waals surface area contributed by atoms with Gasteiger partial charge >= 0.3 is 0 Å². The van der Waals surface area contributed by atoms with Crippen molar-refractivity contribution in [1.82, 2.24) is 9.88 Å². The monoisotopic (exact) mass is 248 g/mol. The van der Waals surface area contributed by atoms with Gasteiger partial charge < -0.3 is 10.3 Å². The van der Waals surface area contributed by atoms with Crippen LogP contribution in [0, 0.1) is 0 Å². The third-order valence-electron chi connectivity index (χ3n) is 3.62. The molecule has 1 aliphatic carbocycles. The van der Waals surface area contributed by atoms with Gasteiger partial charge in [0.15, 0.2) is 5.82 Å². The number of nitrogens with two attached hydrogens (primary N) is 1. The Balaban J connectivity index is 2.14. The highest BCUT2D eigenvalue weighted by Crippen LogP contribution is 2.23. The van der Waals surface area contributed by atoms with E-state index in [1.807, 2.05) is 11.9 Å². The molecule has 5 nitrogen and oxygen atoms in total. The van der Waals surface area contributed by atoms with Crippen LogP contribution in [-0.4, -0.2) is 28.9 Å². The van der Waals surface area contributed by atoms with Gasteiger partial charge in [0.1, 0.15) is 0 Å². The minimum Gasteiger partial charge on any atom is -0.339 e. The number of hydrogen-bond acceptors (Lipinski definition) is 4. The highest BCUT2D eigenvalue weighted by molar-refractivity contribution is 5.98. The fourth-order valence-corrected chi connectivity index (χ4v) is 2.52. The first-order valence-electron chi connectivity index (χ1n) is 6.43. The van der Waals surface area contributed by atoms with Gasteiger partial charge in [-0.25, -0.2) is 10.8 Å². The molecule has 1 aromatic heterocycles. The van der Waals surface area contributed by atoms with Crippen molar-refractivity contribution in [3.8, 4) is 0 Å². The number of nitrogens with one attached hydrogen (secondary N) is 1. The maximum atomic E-state index is 12.4. The van der Waals surface area contributed by atoms with Gasteiger partial charge in [0, 0.05) is 19.3 Å². The van der Waals surface area contributed by atoms with E-state index in [0.29, 0.717) is 17.4 Å². The molecule has 0 aromatic carbocycles.